The van der Waals surface area contributed by atoms with Gasteiger partial charge in [-0.05, 0) is 11.1 Å². The van der Waals surface area contributed by atoms with Crippen molar-refractivity contribution in [2.45, 2.75) is 19.0 Å². The van der Waals surface area contributed by atoms with E-state index in [4.69, 9.17) is 4.99 Å². The van der Waals surface area contributed by atoms with Crippen LogP contribution in [0.2, 0.25) is 0 Å². The van der Waals surface area contributed by atoms with Gasteiger partial charge in [0.05, 0.1) is 0 Å². The molecule has 134 valence electrons. The lowest BCUT2D eigenvalue weighted by Crippen LogP contribution is -2.52. The largest absolute Gasteiger partial charge is 0.312 e. The molecule has 0 radical (unpaired) electrons. The molecule has 7 nitrogen and oxygen atoms in total. The minimum Gasteiger partial charge on any atom is -0.312 e. The fourth-order valence-corrected chi connectivity index (χ4v) is 2.99. The molecule has 2 aromatic rings. The Morgan fingerprint density at radius 3 is 2.30 bits per heavy atom. The summed E-state index contributed by atoms with van der Waals surface area (Å²) in [7, 11) is 0. The van der Waals surface area contributed by atoms with Crippen molar-refractivity contribution in [2.75, 3.05) is 0 Å². The highest BCUT2D eigenvalue weighted by atomic mass is 16.1. The maximum atomic E-state index is 11.4. The summed E-state index contributed by atoms with van der Waals surface area (Å²) in [6.07, 6.45) is 1.48. The van der Waals surface area contributed by atoms with Gasteiger partial charge in [-0.3, -0.25) is 20.1 Å². The number of amidine groups is 2. The van der Waals surface area contributed by atoms with Crippen molar-refractivity contribution in [3.8, 4) is 0 Å². The Bertz CT molecular complexity index is 923. The first-order chi connectivity index (χ1) is 13.2. The van der Waals surface area contributed by atoms with Gasteiger partial charge in [0, 0.05) is 6.92 Å². The predicted octanol–water partition coefficient (Wildman–Crippen LogP) is 2.08. The predicted molar refractivity (Wildman–Crippen MR) is 106 cm³/mol. The molecule has 0 spiro atoms. The van der Waals surface area contributed by atoms with Crippen LogP contribution < -0.4 is 10.6 Å². The third kappa shape index (κ3) is 3.67. The Morgan fingerprint density at radius 1 is 1.07 bits per heavy atom. The summed E-state index contributed by atoms with van der Waals surface area (Å²) in [6, 6.07) is 19.4. The van der Waals surface area contributed by atoms with E-state index in [2.05, 4.69) is 25.6 Å². The molecule has 1 unspecified atom stereocenters. The average Bonchev–Trinajstić information content (AvgIpc) is 3.15. The van der Waals surface area contributed by atoms with Crippen LogP contribution in [0, 0.1) is 0 Å². The number of rotatable bonds is 3. The molecular weight excluding hydrogens is 340 g/mol. The second kappa shape index (κ2) is 7.33. The van der Waals surface area contributed by atoms with Gasteiger partial charge in [-0.1, -0.05) is 60.7 Å². The van der Waals surface area contributed by atoms with Gasteiger partial charge in [0.2, 0.25) is 11.9 Å². The number of guanidine groups is 1. The van der Waals surface area contributed by atoms with Crippen LogP contribution in [0.1, 0.15) is 24.1 Å². The number of aliphatic imine (C=N–C) groups is 4. The van der Waals surface area contributed by atoms with E-state index >= 15 is 0 Å². The summed E-state index contributed by atoms with van der Waals surface area (Å²) in [4.78, 5) is 29.4. The van der Waals surface area contributed by atoms with Gasteiger partial charge < -0.3 is 5.32 Å². The monoisotopic (exact) mass is 358 g/mol. The van der Waals surface area contributed by atoms with Gasteiger partial charge in [-0.2, -0.15) is 4.99 Å². The van der Waals surface area contributed by atoms with Crippen LogP contribution in [0.4, 0.5) is 0 Å². The molecule has 1 atom stereocenters. The van der Waals surface area contributed by atoms with Crippen LogP contribution in [-0.4, -0.2) is 35.9 Å². The van der Waals surface area contributed by atoms with Crippen LogP contribution in [-0.2, 0) is 4.79 Å². The van der Waals surface area contributed by atoms with Crippen molar-refractivity contribution in [1.82, 2.24) is 10.6 Å². The molecular formula is C20H18N6O. The van der Waals surface area contributed by atoms with Gasteiger partial charge in [0.1, 0.15) is 18.2 Å². The number of hydrogen-bond donors (Lipinski definition) is 2. The first-order valence-corrected chi connectivity index (χ1v) is 8.61. The van der Waals surface area contributed by atoms with Gasteiger partial charge in [-0.25, -0.2) is 4.99 Å². The SMILES string of the molecule is CC(=O)NC1=NC(=NC(c2ccccc2)c2ccccc2)C2N=CN=C2N1. The Labute approximate surface area is 156 Å². The van der Waals surface area contributed by atoms with Crippen molar-refractivity contribution in [3.05, 3.63) is 71.8 Å². The van der Waals surface area contributed by atoms with E-state index < -0.39 is 6.04 Å². The minimum absolute atomic E-state index is 0.221. The lowest BCUT2D eigenvalue weighted by molar-refractivity contribution is -0.117. The summed E-state index contributed by atoms with van der Waals surface area (Å²) in [5.41, 5.74) is 2.10. The Morgan fingerprint density at radius 2 is 1.70 bits per heavy atom. The molecule has 0 aromatic heterocycles. The summed E-state index contributed by atoms with van der Waals surface area (Å²) >= 11 is 0. The fourth-order valence-electron chi connectivity index (χ4n) is 2.99. The average molecular weight is 358 g/mol. The molecule has 0 bridgehead atoms. The molecule has 27 heavy (non-hydrogen) atoms. The first-order valence-electron chi connectivity index (χ1n) is 8.61. The highest BCUT2D eigenvalue weighted by Crippen LogP contribution is 2.27. The van der Waals surface area contributed by atoms with Crippen molar-refractivity contribution < 1.29 is 4.79 Å². The smallest absolute Gasteiger partial charge is 0.223 e. The minimum atomic E-state index is -0.391. The quantitative estimate of drug-likeness (QED) is 0.879. The Balaban J connectivity index is 1.79. The van der Waals surface area contributed by atoms with Crippen LogP contribution in [0.3, 0.4) is 0 Å². The van der Waals surface area contributed by atoms with Crippen molar-refractivity contribution in [2.24, 2.45) is 20.0 Å². The molecule has 4 rings (SSSR count). The maximum absolute atomic E-state index is 11.4. The molecule has 1 amide bonds. The Kier molecular flexibility index (Phi) is 4.57. The molecule has 2 aliphatic heterocycles. The van der Waals surface area contributed by atoms with E-state index in [0.717, 1.165) is 11.1 Å². The Hall–Kier alpha value is -3.61. The van der Waals surface area contributed by atoms with Crippen molar-refractivity contribution >= 4 is 29.9 Å². The number of nitrogens with one attached hydrogen (secondary N) is 2. The molecule has 0 saturated heterocycles. The van der Waals surface area contributed by atoms with E-state index in [-0.39, 0.29) is 11.9 Å². The second-order valence-electron chi connectivity index (χ2n) is 6.16. The molecule has 2 aromatic carbocycles. The molecule has 7 heteroatoms. The van der Waals surface area contributed by atoms with E-state index in [1.807, 2.05) is 60.7 Å². The van der Waals surface area contributed by atoms with Gasteiger partial charge >= 0.3 is 0 Å². The number of carbonyl (C=O) groups excluding carboxylic acids is 1. The molecule has 0 saturated carbocycles. The standard InChI is InChI=1S/C20H18N6O/c1-13(27)23-20-25-18-17(21-12-22-18)19(26-20)24-16(14-8-4-2-5-9-14)15-10-6-3-7-11-15/h2-12,16-17H,1H3,(H2,21,22,23,24,25,26,27). The fraction of sp³-hybridized carbons (Fsp3) is 0.150. The highest BCUT2D eigenvalue weighted by Gasteiger charge is 2.31. The van der Waals surface area contributed by atoms with Crippen LogP contribution in [0.25, 0.3) is 0 Å². The maximum Gasteiger partial charge on any atom is 0.223 e. The highest BCUT2D eigenvalue weighted by molar-refractivity contribution is 6.25. The zero-order valence-corrected chi connectivity index (χ0v) is 14.7. The number of fused-ring (bicyclic) bond motifs is 1. The summed E-state index contributed by atoms with van der Waals surface area (Å²) in [6.45, 7) is 1.43. The van der Waals surface area contributed by atoms with Crippen molar-refractivity contribution in [1.29, 1.82) is 0 Å². The molecule has 2 N–H and O–H groups in total. The third-order valence-electron chi connectivity index (χ3n) is 4.18. The van der Waals surface area contributed by atoms with Crippen LogP contribution >= 0.6 is 0 Å². The molecule has 2 heterocycles. The van der Waals surface area contributed by atoms with Gasteiger partial charge in [-0.15, -0.1) is 0 Å². The normalized spacial score (nSPS) is 19.3. The van der Waals surface area contributed by atoms with E-state index in [9.17, 15) is 4.79 Å². The second-order valence-corrected chi connectivity index (χ2v) is 6.16. The number of hydrogen-bond acceptors (Lipinski definition) is 5. The summed E-state index contributed by atoms with van der Waals surface area (Å²) in [5, 5.41) is 5.65. The van der Waals surface area contributed by atoms with E-state index in [0.29, 0.717) is 17.6 Å². The van der Waals surface area contributed by atoms with Crippen molar-refractivity contribution in [3.63, 3.8) is 0 Å². The van der Waals surface area contributed by atoms with Gasteiger partial charge in [0.15, 0.2) is 11.9 Å². The summed E-state index contributed by atoms with van der Waals surface area (Å²) in [5.74, 6) is 1.19. The van der Waals surface area contributed by atoms with Crippen LogP contribution in [0.5, 0.6) is 0 Å². The van der Waals surface area contributed by atoms with E-state index in [1.54, 1.807) is 0 Å². The number of carbonyl (C=O) groups is 1. The molecule has 2 aliphatic rings. The zero-order chi connectivity index (χ0) is 18.6. The number of amides is 1. The van der Waals surface area contributed by atoms with Crippen LogP contribution in [0.15, 0.2) is 80.6 Å². The molecule has 0 aliphatic carbocycles. The first kappa shape index (κ1) is 16.8. The third-order valence-corrected chi connectivity index (χ3v) is 4.18. The van der Waals surface area contributed by atoms with Gasteiger partial charge in [0.25, 0.3) is 0 Å². The summed E-state index contributed by atoms with van der Waals surface area (Å²) < 4.78 is 0. The lowest BCUT2D eigenvalue weighted by Gasteiger charge is -2.22. The zero-order valence-electron chi connectivity index (χ0n) is 14.7. The lowest BCUT2D eigenvalue weighted by atomic mass is 9.99. The number of benzene rings is 2. The van der Waals surface area contributed by atoms with E-state index in [1.165, 1.54) is 13.3 Å². The molecule has 0 fully saturated rings. The topological polar surface area (TPSA) is 90.6 Å². The number of nitrogens with zero attached hydrogens (tertiary/aromatic N) is 4.